The molecule has 1 aromatic heterocycles. The van der Waals surface area contributed by atoms with Crippen molar-refractivity contribution in [3.8, 4) is 27.9 Å². The molecule has 0 N–H and O–H groups in total. The van der Waals surface area contributed by atoms with Gasteiger partial charge in [0.1, 0.15) is 0 Å². The van der Waals surface area contributed by atoms with Crippen molar-refractivity contribution in [2.75, 3.05) is 9.80 Å². The third-order valence-electron chi connectivity index (χ3n) is 12.7. The summed E-state index contributed by atoms with van der Waals surface area (Å²) in [6, 6.07) is 94.4. The Labute approximate surface area is 378 Å². The summed E-state index contributed by atoms with van der Waals surface area (Å²) in [6.45, 7) is 0. The minimum atomic E-state index is 1.06. The summed E-state index contributed by atoms with van der Waals surface area (Å²) >= 11 is 0. The molecule has 0 spiro atoms. The van der Waals surface area contributed by atoms with Crippen molar-refractivity contribution in [3.05, 3.63) is 261 Å². The summed E-state index contributed by atoms with van der Waals surface area (Å²) in [5.41, 5.74) is 14.6. The number of fused-ring (bicyclic) bond motifs is 8. The second kappa shape index (κ2) is 16.2. The maximum Gasteiger partial charge on any atom is 0.0625 e. The fourth-order valence-corrected chi connectivity index (χ4v) is 9.78. The van der Waals surface area contributed by atoms with Crippen LogP contribution in [0.5, 0.6) is 0 Å². The predicted molar refractivity (Wildman–Crippen MR) is 276 cm³/mol. The van der Waals surface area contributed by atoms with Gasteiger partial charge in [-0.3, -0.25) is 0 Å². The van der Waals surface area contributed by atoms with E-state index < -0.39 is 0 Å². The lowest BCUT2D eigenvalue weighted by Gasteiger charge is -2.30. The van der Waals surface area contributed by atoms with E-state index in [0.717, 1.165) is 50.9 Å². The van der Waals surface area contributed by atoms with Crippen LogP contribution in [0.4, 0.5) is 34.1 Å². The molecule has 0 aliphatic heterocycles. The molecule has 0 amide bonds. The molecule has 0 fully saturated rings. The molecule has 11 aromatic carbocycles. The fourth-order valence-electron chi connectivity index (χ4n) is 9.78. The van der Waals surface area contributed by atoms with Crippen LogP contribution < -0.4 is 9.80 Å². The standard InChI is InChI=1S/C62H43N3/c1-6-20-44(21-7-1)45-34-37-52(38-35-45)65-60-39-36-46(42-59(60)61-57-32-18-16-30-55(57)56-31-17-19-33-58(56)62(61)65)47-40-53(63(48-22-8-2-9-23-48)49-24-10-3-11-25-49)43-54(41-47)64(50-26-12-4-13-27-50)51-28-14-5-15-29-51/h1-43H. The minimum Gasteiger partial charge on any atom is -0.310 e. The monoisotopic (exact) mass is 829 g/mol. The average molecular weight is 830 g/mol. The van der Waals surface area contributed by atoms with E-state index in [1.165, 1.54) is 54.5 Å². The number of hydrogen-bond donors (Lipinski definition) is 0. The van der Waals surface area contributed by atoms with E-state index in [1.807, 2.05) is 0 Å². The molecule has 12 aromatic rings. The highest BCUT2D eigenvalue weighted by atomic mass is 15.2. The van der Waals surface area contributed by atoms with Gasteiger partial charge in [0.05, 0.1) is 11.0 Å². The molecule has 65 heavy (non-hydrogen) atoms. The topological polar surface area (TPSA) is 11.4 Å². The van der Waals surface area contributed by atoms with Crippen molar-refractivity contribution >= 4 is 77.5 Å². The first-order valence-electron chi connectivity index (χ1n) is 22.3. The normalized spacial score (nSPS) is 11.4. The smallest absolute Gasteiger partial charge is 0.0625 e. The van der Waals surface area contributed by atoms with Crippen LogP contribution in [0, 0.1) is 0 Å². The molecule has 1 heterocycles. The van der Waals surface area contributed by atoms with Crippen LogP contribution in [0.1, 0.15) is 0 Å². The zero-order chi connectivity index (χ0) is 43.1. The molecule has 306 valence electrons. The van der Waals surface area contributed by atoms with Crippen LogP contribution in [0.3, 0.4) is 0 Å². The Bertz CT molecular complexity index is 3440. The largest absolute Gasteiger partial charge is 0.310 e. The number of anilines is 6. The van der Waals surface area contributed by atoms with E-state index in [4.69, 9.17) is 0 Å². The van der Waals surface area contributed by atoms with Crippen molar-refractivity contribution in [2.45, 2.75) is 0 Å². The number of hydrogen-bond acceptors (Lipinski definition) is 2. The van der Waals surface area contributed by atoms with Crippen molar-refractivity contribution in [3.63, 3.8) is 0 Å². The zero-order valence-corrected chi connectivity index (χ0v) is 35.7. The lowest BCUT2D eigenvalue weighted by molar-refractivity contribution is 1.19. The SMILES string of the molecule is c1ccc(-c2ccc(-n3c4ccc(-c5cc(N(c6ccccc6)c6ccccc6)cc(N(c6ccccc6)c6ccccc6)c5)cc4c4c5ccccc5c5ccccc5c43)cc2)cc1. The average Bonchev–Trinajstić information content (AvgIpc) is 3.73. The molecule has 0 saturated heterocycles. The summed E-state index contributed by atoms with van der Waals surface area (Å²) in [7, 11) is 0. The quantitative estimate of drug-likeness (QED) is 0.134. The van der Waals surface area contributed by atoms with Gasteiger partial charge < -0.3 is 14.4 Å². The van der Waals surface area contributed by atoms with Gasteiger partial charge in [0, 0.05) is 56.0 Å². The molecular formula is C62H43N3. The first kappa shape index (κ1) is 38.0. The second-order valence-electron chi connectivity index (χ2n) is 16.5. The lowest BCUT2D eigenvalue weighted by Crippen LogP contribution is -2.13. The molecule has 12 rings (SSSR count). The molecule has 0 aliphatic rings. The van der Waals surface area contributed by atoms with E-state index >= 15 is 0 Å². The van der Waals surface area contributed by atoms with E-state index in [-0.39, 0.29) is 0 Å². The molecule has 0 aliphatic carbocycles. The molecule has 0 unspecified atom stereocenters. The van der Waals surface area contributed by atoms with Gasteiger partial charge in [-0.25, -0.2) is 0 Å². The molecule has 0 atom stereocenters. The van der Waals surface area contributed by atoms with E-state index in [2.05, 4.69) is 275 Å². The van der Waals surface area contributed by atoms with Gasteiger partial charge >= 0.3 is 0 Å². The van der Waals surface area contributed by atoms with Crippen molar-refractivity contribution < 1.29 is 0 Å². The third-order valence-corrected chi connectivity index (χ3v) is 12.7. The van der Waals surface area contributed by atoms with Crippen LogP contribution >= 0.6 is 0 Å². The van der Waals surface area contributed by atoms with Gasteiger partial charge in [0.25, 0.3) is 0 Å². The third kappa shape index (κ3) is 6.78. The number of rotatable bonds is 9. The maximum atomic E-state index is 2.49. The Morgan fingerprint density at radius 3 is 1.15 bits per heavy atom. The fraction of sp³-hybridized carbons (Fsp3) is 0. The van der Waals surface area contributed by atoms with Crippen molar-refractivity contribution in [2.24, 2.45) is 0 Å². The number of aromatic nitrogens is 1. The molecule has 3 nitrogen and oxygen atoms in total. The van der Waals surface area contributed by atoms with Crippen molar-refractivity contribution in [1.29, 1.82) is 0 Å². The summed E-state index contributed by atoms with van der Waals surface area (Å²) in [5.74, 6) is 0. The van der Waals surface area contributed by atoms with Crippen LogP contribution in [0.15, 0.2) is 261 Å². The summed E-state index contributed by atoms with van der Waals surface area (Å²) in [5, 5.41) is 7.46. The molecule has 0 bridgehead atoms. The van der Waals surface area contributed by atoms with Gasteiger partial charge in [0.15, 0.2) is 0 Å². The highest BCUT2D eigenvalue weighted by molar-refractivity contribution is 6.32. The Hall–Kier alpha value is -8.66. The van der Waals surface area contributed by atoms with Gasteiger partial charge in [-0.15, -0.1) is 0 Å². The Kier molecular flexibility index (Phi) is 9.50. The minimum absolute atomic E-state index is 1.06. The molecule has 0 saturated carbocycles. The summed E-state index contributed by atoms with van der Waals surface area (Å²) < 4.78 is 2.49. The Morgan fingerprint density at radius 1 is 0.246 bits per heavy atom. The lowest BCUT2D eigenvalue weighted by atomic mass is 9.95. The Morgan fingerprint density at radius 2 is 0.646 bits per heavy atom. The summed E-state index contributed by atoms with van der Waals surface area (Å²) in [6.07, 6.45) is 0. The second-order valence-corrected chi connectivity index (χ2v) is 16.5. The molecule has 3 heteroatoms. The number of para-hydroxylation sites is 4. The van der Waals surface area contributed by atoms with Gasteiger partial charge in [-0.05, 0) is 129 Å². The van der Waals surface area contributed by atoms with Crippen LogP contribution in [0.2, 0.25) is 0 Å². The first-order valence-corrected chi connectivity index (χ1v) is 22.3. The van der Waals surface area contributed by atoms with Crippen LogP contribution in [-0.4, -0.2) is 4.57 Å². The number of benzene rings is 11. The first-order chi connectivity index (χ1) is 32.3. The van der Waals surface area contributed by atoms with Gasteiger partial charge in [-0.2, -0.15) is 0 Å². The highest BCUT2D eigenvalue weighted by Gasteiger charge is 2.22. The van der Waals surface area contributed by atoms with E-state index in [9.17, 15) is 0 Å². The van der Waals surface area contributed by atoms with E-state index in [1.54, 1.807) is 0 Å². The van der Waals surface area contributed by atoms with Gasteiger partial charge in [0.2, 0.25) is 0 Å². The molecular weight excluding hydrogens is 787 g/mol. The van der Waals surface area contributed by atoms with E-state index in [0.29, 0.717) is 0 Å². The highest BCUT2D eigenvalue weighted by Crippen LogP contribution is 2.46. The zero-order valence-electron chi connectivity index (χ0n) is 35.7. The predicted octanol–water partition coefficient (Wildman–Crippen LogP) is 17.4. The maximum absolute atomic E-state index is 2.49. The number of nitrogens with zero attached hydrogens (tertiary/aromatic N) is 3. The van der Waals surface area contributed by atoms with Crippen LogP contribution in [-0.2, 0) is 0 Å². The van der Waals surface area contributed by atoms with Crippen LogP contribution in [0.25, 0.3) is 71.3 Å². The Balaban J connectivity index is 1.14. The van der Waals surface area contributed by atoms with Gasteiger partial charge in [-0.1, -0.05) is 170 Å². The molecule has 0 radical (unpaired) electrons. The summed E-state index contributed by atoms with van der Waals surface area (Å²) in [4.78, 5) is 4.73. The van der Waals surface area contributed by atoms with Crippen molar-refractivity contribution in [1.82, 2.24) is 4.57 Å².